The molecule has 2 N–H and O–H groups in total. The average molecular weight is 329 g/mol. The number of likely N-dealkylation sites (tertiary alicyclic amines) is 1. The Morgan fingerprint density at radius 2 is 2.29 bits per heavy atom. The van der Waals surface area contributed by atoms with Gasteiger partial charge in [-0.1, -0.05) is 12.1 Å². The summed E-state index contributed by atoms with van der Waals surface area (Å²) in [6, 6.07) is 1.92. The molecule has 2 unspecified atom stereocenters. The predicted molar refractivity (Wildman–Crippen MR) is 87.5 cm³/mol. The van der Waals surface area contributed by atoms with E-state index in [9.17, 15) is 4.79 Å². The zero-order chi connectivity index (χ0) is 16.7. The molecule has 7 nitrogen and oxygen atoms in total. The molecule has 0 bridgehead atoms. The van der Waals surface area contributed by atoms with Gasteiger partial charge in [0.2, 0.25) is 0 Å². The Hall–Kier alpha value is -2.15. The molecule has 2 aromatic heterocycles. The third kappa shape index (κ3) is 3.08. The molecule has 2 aliphatic rings. The molecule has 1 saturated heterocycles. The zero-order valence-corrected chi connectivity index (χ0v) is 14.1. The zero-order valence-electron chi connectivity index (χ0n) is 14.1. The number of hydrogen-bond donors (Lipinski definition) is 2. The first-order chi connectivity index (χ1) is 11.6. The van der Waals surface area contributed by atoms with Crippen LogP contribution in [0.2, 0.25) is 0 Å². The van der Waals surface area contributed by atoms with E-state index in [4.69, 9.17) is 4.52 Å². The highest BCUT2D eigenvalue weighted by atomic mass is 16.5. The number of hydrogen-bond acceptors (Lipinski definition) is 5. The summed E-state index contributed by atoms with van der Waals surface area (Å²) in [6.07, 6.45) is 4.00. The molecule has 7 heteroatoms. The lowest BCUT2D eigenvalue weighted by molar-refractivity contribution is 0.0922. The third-order valence-corrected chi connectivity index (χ3v) is 5.06. The fourth-order valence-corrected chi connectivity index (χ4v) is 3.36. The average Bonchev–Trinajstić information content (AvgIpc) is 2.98. The molecule has 3 heterocycles. The van der Waals surface area contributed by atoms with Gasteiger partial charge >= 0.3 is 0 Å². The van der Waals surface area contributed by atoms with E-state index in [1.807, 2.05) is 6.92 Å². The van der Waals surface area contributed by atoms with E-state index in [-0.39, 0.29) is 11.9 Å². The quantitative estimate of drug-likeness (QED) is 0.874. The molecule has 0 spiro atoms. The first kappa shape index (κ1) is 15.4. The molecular formula is C17H23N5O2. The van der Waals surface area contributed by atoms with Crippen LogP contribution in [0.3, 0.4) is 0 Å². The van der Waals surface area contributed by atoms with Gasteiger partial charge in [0, 0.05) is 37.7 Å². The Kier molecular flexibility index (Phi) is 3.88. The van der Waals surface area contributed by atoms with Crippen LogP contribution >= 0.6 is 0 Å². The van der Waals surface area contributed by atoms with Crippen molar-refractivity contribution < 1.29 is 9.32 Å². The minimum atomic E-state index is -0.137. The van der Waals surface area contributed by atoms with Crippen LogP contribution in [0.25, 0.3) is 0 Å². The summed E-state index contributed by atoms with van der Waals surface area (Å²) in [6.45, 7) is 6.79. The molecule has 0 aromatic carbocycles. The molecule has 4 rings (SSSR count). The van der Waals surface area contributed by atoms with Crippen molar-refractivity contribution in [2.24, 2.45) is 5.92 Å². The van der Waals surface area contributed by atoms with Gasteiger partial charge in [0.15, 0.2) is 5.69 Å². The molecule has 1 saturated carbocycles. The summed E-state index contributed by atoms with van der Waals surface area (Å²) < 4.78 is 5.27. The van der Waals surface area contributed by atoms with Crippen LogP contribution in [0, 0.1) is 12.8 Å². The number of aromatic nitrogens is 3. The van der Waals surface area contributed by atoms with Crippen LogP contribution in [0.1, 0.15) is 53.3 Å². The maximum absolute atomic E-state index is 12.4. The van der Waals surface area contributed by atoms with Gasteiger partial charge in [0.05, 0.1) is 17.7 Å². The van der Waals surface area contributed by atoms with Gasteiger partial charge < -0.3 is 14.8 Å². The molecule has 2 aromatic rings. The van der Waals surface area contributed by atoms with Crippen molar-refractivity contribution in [1.29, 1.82) is 0 Å². The Morgan fingerprint density at radius 3 is 3.00 bits per heavy atom. The number of aromatic amines is 1. The van der Waals surface area contributed by atoms with E-state index in [0.29, 0.717) is 17.5 Å². The number of rotatable bonds is 5. The summed E-state index contributed by atoms with van der Waals surface area (Å²) >= 11 is 0. The van der Waals surface area contributed by atoms with Crippen LogP contribution in [0.15, 0.2) is 16.9 Å². The van der Waals surface area contributed by atoms with E-state index in [0.717, 1.165) is 49.6 Å². The summed E-state index contributed by atoms with van der Waals surface area (Å²) in [5.41, 5.74) is 2.57. The fourth-order valence-electron chi connectivity index (χ4n) is 3.36. The van der Waals surface area contributed by atoms with Crippen LogP contribution < -0.4 is 5.32 Å². The van der Waals surface area contributed by atoms with Gasteiger partial charge in [-0.2, -0.15) is 0 Å². The molecule has 24 heavy (non-hydrogen) atoms. The van der Waals surface area contributed by atoms with Gasteiger partial charge in [-0.15, -0.1) is 0 Å². The van der Waals surface area contributed by atoms with E-state index in [1.165, 1.54) is 0 Å². The molecule has 1 aliphatic carbocycles. The lowest BCUT2D eigenvalue weighted by Gasteiger charge is -2.16. The largest absolute Gasteiger partial charge is 0.360 e. The highest BCUT2D eigenvalue weighted by molar-refractivity contribution is 5.92. The molecule has 1 aliphatic heterocycles. The van der Waals surface area contributed by atoms with Gasteiger partial charge in [0.25, 0.3) is 5.91 Å². The highest BCUT2D eigenvalue weighted by Gasteiger charge is 2.33. The molecule has 2 atom stereocenters. The summed E-state index contributed by atoms with van der Waals surface area (Å²) in [5, 5.41) is 7.03. The van der Waals surface area contributed by atoms with Crippen LogP contribution in [0.5, 0.6) is 0 Å². The highest BCUT2D eigenvalue weighted by Crippen LogP contribution is 2.40. The summed E-state index contributed by atoms with van der Waals surface area (Å²) in [4.78, 5) is 22.2. The number of nitrogens with one attached hydrogen (secondary N) is 2. The van der Waals surface area contributed by atoms with Crippen molar-refractivity contribution in [1.82, 2.24) is 25.3 Å². The number of H-pyrrole nitrogens is 1. The maximum atomic E-state index is 12.4. The summed E-state index contributed by atoms with van der Waals surface area (Å²) in [7, 11) is 0. The number of imidazole rings is 1. The first-order valence-electron chi connectivity index (χ1n) is 8.59. The number of aryl methyl sites for hydroxylation is 1. The minimum Gasteiger partial charge on any atom is -0.360 e. The van der Waals surface area contributed by atoms with E-state index >= 15 is 0 Å². The normalized spacial score (nSPS) is 24.4. The van der Waals surface area contributed by atoms with Crippen LogP contribution in [0.4, 0.5) is 0 Å². The van der Waals surface area contributed by atoms with Crippen LogP contribution in [-0.4, -0.2) is 45.1 Å². The molecule has 2 fully saturated rings. The number of amides is 1. The molecule has 0 radical (unpaired) electrons. The molecular weight excluding hydrogens is 306 g/mol. The van der Waals surface area contributed by atoms with Gasteiger partial charge in [0.1, 0.15) is 5.76 Å². The van der Waals surface area contributed by atoms with Crippen molar-refractivity contribution in [3.63, 3.8) is 0 Å². The van der Waals surface area contributed by atoms with E-state index in [2.05, 4.69) is 32.3 Å². The lowest BCUT2D eigenvalue weighted by Crippen LogP contribution is -2.40. The van der Waals surface area contributed by atoms with Crippen molar-refractivity contribution in [3.8, 4) is 0 Å². The van der Waals surface area contributed by atoms with Crippen LogP contribution in [-0.2, 0) is 6.54 Å². The predicted octanol–water partition coefficient (Wildman–Crippen LogP) is 1.83. The molecule has 1 amide bonds. The van der Waals surface area contributed by atoms with Crippen molar-refractivity contribution >= 4 is 5.91 Å². The monoisotopic (exact) mass is 329 g/mol. The fraction of sp³-hybridized carbons (Fsp3) is 0.588. The maximum Gasteiger partial charge on any atom is 0.273 e. The van der Waals surface area contributed by atoms with E-state index in [1.54, 1.807) is 12.4 Å². The number of carbonyl (C=O) groups is 1. The first-order valence-corrected chi connectivity index (χ1v) is 8.59. The minimum absolute atomic E-state index is 0.127. The summed E-state index contributed by atoms with van der Waals surface area (Å²) in [5.74, 6) is 1.57. The van der Waals surface area contributed by atoms with E-state index < -0.39 is 0 Å². The second kappa shape index (κ2) is 6.05. The molecule has 128 valence electrons. The smallest absolute Gasteiger partial charge is 0.273 e. The second-order valence-corrected chi connectivity index (χ2v) is 7.11. The Morgan fingerprint density at radius 1 is 1.46 bits per heavy atom. The Labute approximate surface area is 140 Å². The standard InChI is InChI=1S/C17H23N5O2/c1-10-6-22(8-15-11(2)18-9-19-15)7-14(10)20-17(23)13-5-16(24-21-13)12-3-4-12/h5,9-10,12,14H,3-4,6-8H2,1-2H3,(H,18,19)(H,20,23). The number of carbonyl (C=O) groups excluding carboxylic acids is 1. The SMILES string of the molecule is Cc1nc[nH]c1CN1CC(C)C(NC(=O)c2cc(C3CC3)on2)C1. The Balaban J connectivity index is 1.35. The van der Waals surface area contributed by atoms with Gasteiger partial charge in [-0.25, -0.2) is 4.98 Å². The topological polar surface area (TPSA) is 87.0 Å². The number of nitrogens with zero attached hydrogens (tertiary/aromatic N) is 3. The van der Waals surface area contributed by atoms with Crippen molar-refractivity contribution in [2.45, 2.75) is 45.2 Å². The van der Waals surface area contributed by atoms with Gasteiger partial charge in [-0.3, -0.25) is 9.69 Å². The lowest BCUT2D eigenvalue weighted by atomic mass is 10.1. The second-order valence-electron chi connectivity index (χ2n) is 7.11. The van der Waals surface area contributed by atoms with Crippen molar-refractivity contribution in [2.75, 3.05) is 13.1 Å². The third-order valence-electron chi connectivity index (χ3n) is 5.06. The van der Waals surface area contributed by atoms with Crippen molar-refractivity contribution in [3.05, 3.63) is 35.2 Å². The van der Waals surface area contributed by atoms with Gasteiger partial charge in [-0.05, 0) is 25.7 Å². The Bertz CT molecular complexity index is 733.